The number of nitrogens with one attached hydrogen (secondary N) is 1. The zero-order valence-corrected chi connectivity index (χ0v) is 17.5. The van der Waals surface area contributed by atoms with Crippen LogP contribution in [-0.4, -0.2) is 48.5 Å². The van der Waals surface area contributed by atoms with Gasteiger partial charge in [0.1, 0.15) is 5.82 Å². The average molecular weight is 401 g/mol. The summed E-state index contributed by atoms with van der Waals surface area (Å²) in [5.41, 5.74) is 1.13. The first-order chi connectivity index (χ1) is 13.5. The van der Waals surface area contributed by atoms with Crippen molar-refractivity contribution in [2.24, 2.45) is 5.92 Å². The third kappa shape index (κ3) is 5.69. The van der Waals surface area contributed by atoms with E-state index in [2.05, 4.69) is 33.9 Å². The molecule has 150 valence electrons. The maximum Gasteiger partial charge on any atom is 0.257 e. The van der Waals surface area contributed by atoms with Crippen LogP contribution in [0.15, 0.2) is 42.6 Å². The van der Waals surface area contributed by atoms with Crippen molar-refractivity contribution in [1.29, 1.82) is 0 Å². The first-order valence-electron chi connectivity index (χ1n) is 10.0. The molecule has 0 bridgehead atoms. The first-order valence-corrected chi connectivity index (χ1v) is 10.4. The number of nitrogens with zero attached hydrogens (tertiary/aromatic N) is 3. The lowest BCUT2D eigenvalue weighted by molar-refractivity contribution is 0.102. The van der Waals surface area contributed by atoms with Gasteiger partial charge in [0, 0.05) is 19.6 Å². The molecule has 2 heterocycles. The van der Waals surface area contributed by atoms with Gasteiger partial charge in [-0.05, 0) is 56.1 Å². The van der Waals surface area contributed by atoms with Gasteiger partial charge in [0.25, 0.3) is 5.91 Å². The van der Waals surface area contributed by atoms with Gasteiger partial charge >= 0.3 is 0 Å². The summed E-state index contributed by atoms with van der Waals surface area (Å²) in [7, 11) is 0. The van der Waals surface area contributed by atoms with Gasteiger partial charge in [0.2, 0.25) is 0 Å². The number of halogens is 1. The van der Waals surface area contributed by atoms with E-state index in [1.165, 1.54) is 13.0 Å². The molecular formula is C22H29ClN4O. The number of hydrogen-bond acceptors (Lipinski definition) is 4. The number of hydrogen-bond donors (Lipinski definition) is 1. The Morgan fingerprint density at radius 2 is 1.96 bits per heavy atom. The van der Waals surface area contributed by atoms with Crippen molar-refractivity contribution >= 4 is 29.0 Å². The summed E-state index contributed by atoms with van der Waals surface area (Å²) in [5, 5.41) is 3.30. The van der Waals surface area contributed by atoms with Crippen LogP contribution in [0.2, 0.25) is 5.02 Å². The third-order valence-corrected chi connectivity index (χ3v) is 5.39. The van der Waals surface area contributed by atoms with Crippen LogP contribution in [0.3, 0.4) is 0 Å². The summed E-state index contributed by atoms with van der Waals surface area (Å²) in [6.07, 6.45) is 4.11. The number of amides is 1. The highest BCUT2D eigenvalue weighted by Gasteiger charge is 2.16. The van der Waals surface area contributed by atoms with Crippen LogP contribution >= 0.6 is 11.6 Å². The highest BCUT2D eigenvalue weighted by molar-refractivity contribution is 6.34. The van der Waals surface area contributed by atoms with E-state index in [-0.39, 0.29) is 5.91 Å². The van der Waals surface area contributed by atoms with Crippen molar-refractivity contribution in [3.8, 4) is 0 Å². The minimum Gasteiger partial charge on any atom is -0.355 e. The first kappa shape index (κ1) is 20.6. The summed E-state index contributed by atoms with van der Waals surface area (Å²) >= 11 is 6.09. The second-order valence-electron chi connectivity index (χ2n) is 7.70. The van der Waals surface area contributed by atoms with Crippen molar-refractivity contribution in [3.05, 3.63) is 53.2 Å². The number of benzene rings is 1. The Hall–Kier alpha value is -2.11. The molecule has 6 heteroatoms. The molecule has 0 atom stereocenters. The topological polar surface area (TPSA) is 48.5 Å². The molecule has 1 saturated heterocycles. The van der Waals surface area contributed by atoms with Crippen LogP contribution < -0.4 is 10.2 Å². The fourth-order valence-electron chi connectivity index (χ4n) is 3.36. The molecule has 1 aromatic heterocycles. The van der Waals surface area contributed by atoms with Gasteiger partial charge < -0.3 is 15.1 Å². The molecule has 3 rings (SSSR count). The van der Waals surface area contributed by atoms with Crippen LogP contribution in [0.5, 0.6) is 0 Å². The molecule has 1 aromatic carbocycles. The highest BCUT2D eigenvalue weighted by Crippen LogP contribution is 2.19. The van der Waals surface area contributed by atoms with E-state index >= 15 is 0 Å². The minimum atomic E-state index is -0.226. The fourth-order valence-corrected chi connectivity index (χ4v) is 3.58. The third-order valence-electron chi connectivity index (χ3n) is 5.06. The van der Waals surface area contributed by atoms with Gasteiger partial charge in [0.05, 0.1) is 22.5 Å². The molecular weight excluding hydrogens is 372 g/mol. The Morgan fingerprint density at radius 3 is 2.68 bits per heavy atom. The predicted octanol–water partition coefficient (Wildman–Crippen LogP) is 4.55. The predicted molar refractivity (Wildman–Crippen MR) is 116 cm³/mol. The van der Waals surface area contributed by atoms with Crippen molar-refractivity contribution in [3.63, 3.8) is 0 Å². The highest BCUT2D eigenvalue weighted by atomic mass is 35.5. The molecule has 1 aliphatic heterocycles. The summed E-state index contributed by atoms with van der Waals surface area (Å²) in [6.45, 7) is 9.94. The monoisotopic (exact) mass is 400 g/mol. The van der Waals surface area contributed by atoms with Gasteiger partial charge in [-0.25, -0.2) is 4.98 Å². The second-order valence-corrected chi connectivity index (χ2v) is 8.11. The number of carbonyl (C=O) groups excluding carboxylic acids is 1. The van der Waals surface area contributed by atoms with Crippen LogP contribution in [0, 0.1) is 5.92 Å². The number of aromatic nitrogens is 1. The van der Waals surface area contributed by atoms with E-state index in [1.807, 2.05) is 12.1 Å². The molecule has 1 aliphatic rings. The lowest BCUT2D eigenvalue weighted by Gasteiger charge is -2.23. The number of anilines is 2. The molecule has 5 nitrogen and oxygen atoms in total. The van der Waals surface area contributed by atoms with Gasteiger partial charge in [-0.2, -0.15) is 0 Å². The number of pyridine rings is 1. The van der Waals surface area contributed by atoms with Crippen molar-refractivity contribution in [2.75, 3.05) is 42.9 Å². The summed E-state index contributed by atoms with van der Waals surface area (Å²) in [6, 6.07) is 10.9. The molecule has 2 aromatic rings. The minimum absolute atomic E-state index is 0.226. The molecule has 0 aliphatic carbocycles. The molecule has 0 unspecified atom stereocenters. The SMILES string of the molecule is CC(C)CCN1CCCN(c2ccc(NC(=O)c3ccccc3Cl)cn2)CC1. The molecule has 0 radical (unpaired) electrons. The van der Waals surface area contributed by atoms with Crippen LogP contribution in [0.4, 0.5) is 11.5 Å². The van der Waals surface area contributed by atoms with Gasteiger partial charge in [-0.3, -0.25) is 4.79 Å². The van der Waals surface area contributed by atoms with E-state index in [0.29, 0.717) is 16.3 Å². The van der Waals surface area contributed by atoms with E-state index in [4.69, 9.17) is 11.6 Å². The Labute approximate surface area is 172 Å². The Balaban J connectivity index is 1.57. The maximum absolute atomic E-state index is 12.4. The summed E-state index contributed by atoms with van der Waals surface area (Å²) in [4.78, 5) is 21.8. The molecule has 28 heavy (non-hydrogen) atoms. The molecule has 1 N–H and O–H groups in total. The smallest absolute Gasteiger partial charge is 0.257 e. The normalized spacial score (nSPS) is 15.5. The largest absolute Gasteiger partial charge is 0.355 e. The Kier molecular flexibility index (Phi) is 7.29. The zero-order valence-electron chi connectivity index (χ0n) is 16.7. The van der Waals surface area contributed by atoms with Crippen molar-refractivity contribution < 1.29 is 4.79 Å². The molecule has 0 spiro atoms. The Morgan fingerprint density at radius 1 is 1.14 bits per heavy atom. The van der Waals surface area contributed by atoms with E-state index in [1.54, 1.807) is 30.5 Å². The van der Waals surface area contributed by atoms with Crippen molar-refractivity contribution in [1.82, 2.24) is 9.88 Å². The van der Waals surface area contributed by atoms with Crippen LogP contribution in [0.1, 0.15) is 37.0 Å². The van der Waals surface area contributed by atoms with E-state index in [9.17, 15) is 4.79 Å². The summed E-state index contributed by atoms with van der Waals surface area (Å²) < 4.78 is 0. The molecule has 0 saturated carbocycles. The van der Waals surface area contributed by atoms with Gasteiger partial charge in [-0.15, -0.1) is 0 Å². The zero-order chi connectivity index (χ0) is 19.9. The van der Waals surface area contributed by atoms with Crippen molar-refractivity contribution in [2.45, 2.75) is 26.7 Å². The molecule has 1 amide bonds. The van der Waals surface area contributed by atoms with E-state index < -0.39 is 0 Å². The Bertz CT molecular complexity index is 778. The number of carbonyl (C=O) groups is 1. The quantitative estimate of drug-likeness (QED) is 0.773. The standard InChI is InChI=1S/C22H29ClN4O/c1-17(2)10-13-26-11-5-12-27(15-14-26)21-9-8-18(16-24-21)25-22(28)19-6-3-4-7-20(19)23/h3-4,6-9,16-17H,5,10-15H2,1-2H3,(H,25,28). The fraction of sp³-hybridized carbons (Fsp3) is 0.455. The summed E-state index contributed by atoms with van der Waals surface area (Å²) in [5.74, 6) is 1.48. The second kappa shape index (κ2) is 9.89. The molecule has 1 fully saturated rings. The van der Waals surface area contributed by atoms with Gasteiger partial charge in [-0.1, -0.05) is 37.6 Å². The lowest BCUT2D eigenvalue weighted by Crippen LogP contribution is -2.32. The van der Waals surface area contributed by atoms with Gasteiger partial charge in [0.15, 0.2) is 0 Å². The lowest BCUT2D eigenvalue weighted by atomic mass is 10.1. The maximum atomic E-state index is 12.4. The number of rotatable bonds is 6. The average Bonchev–Trinajstić information content (AvgIpc) is 2.93. The van der Waals surface area contributed by atoms with Crippen LogP contribution in [0.25, 0.3) is 0 Å². The van der Waals surface area contributed by atoms with E-state index in [0.717, 1.165) is 44.3 Å². The van der Waals surface area contributed by atoms with Crippen LogP contribution in [-0.2, 0) is 0 Å².